The van der Waals surface area contributed by atoms with E-state index in [0.717, 1.165) is 31.1 Å². The highest BCUT2D eigenvalue weighted by atomic mass is 16.5. The standard InChI is InChI=1S/C25H32O7/c1-23-8-7-18-19(4-3-16-10-17(28)6-9-24(16,18)13-26)25(23,30)11-20(32-14-27)22(23)15-2-5-21(29)31-12-15/h2,5,12-14,16-20,22,28,30H,3-4,6-11H2,1H3. The van der Waals surface area contributed by atoms with Gasteiger partial charge < -0.3 is 24.2 Å². The van der Waals surface area contributed by atoms with E-state index in [4.69, 9.17) is 9.15 Å². The SMILES string of the molecule is CC12CCC3C(CCC4CC(O)CCC43C=O)C1(O)CC(OC=O)C2c1ccc(=O)oc1. The van der Waals surface area contributed by atoms with Crippen molar-refractivity contribution >= 4 is 12.8 Å². The Balaban J connectivity index is 1.56. The van der Waals surface area contributed by atoms with Gasteiger partial charge in [0, 0.05) is 29.2 Å². The summed E-state index contributed by atoms with van der Waals surface area (Å²) in [7, 11) is 0. The highest BCUT2D eigenvalue weighted by Crippen LogP contribution is 2.70. The van der Waals surface area contributed by atoms with Crippen LogP contribution in [0, 0.1) is 28.6 Å². The summed E-state index contributed by atoms with van der Waals surface area (Å²) >= 11 is 0. The zero-order valence-corrected chi connectivity index (χ0v) is 18.4. The van der Waals surface area contributed by atoms with Crippen molar-refractivity contribution in [3.63, 3.8) is 0 Å². The van der Waals surface area contributed by atoms with Crippen LogP contribution >= 0.6 is 0 Å². The van der Waals surface area contributed by atoms with Gasteiger partial charge in [0.05, 0.1) is 18.0 Å². The normalized spacial score (nSPS) is 47.6. The summed E-state index contributed by atoms with van der Waals surface area (Å²) in [5.41, 5.74) is -1.91. The first-order valence-corrected chi connectivity index (χ1v) is 11.8. The first-order valence-electron chi connectivity index (χ1n) is 11.8. The Kier molecular flexibility index (Phi) is 5.13. The monoisotopic (exact) mass is 444 g/mol. The summed E-state index contributed by atoms with van der Waals surface area (Å²) in [5.74, 6) is -0.188. The molecule has 7 heteroatoms. The van der Waals surface area contributed by atoms with Gasteiger partial charge in [0.25, 0.3) is 6.47 Å². The van der Waals surface area contributed by atoms with Crippen molar-refractivity contribution in [1.82, 2.24) is 0 Å². The van der Waals surface area contributed by atoms with E-state index in [1.54, 1.807) is 6.07 Å². The zero-order chi connectivity index (χ0) is 22.7. The highest BCUT2D eigenvalue weighted by Gasteiger charge is 2.71. The molecule has 4 fully saturated rings. The molecule has 9 atom stereocenters. The highest BCUT2D eigenvalue weighted by molar-refractivity contribution is 5.62. The molecule has 9 unspecified atom stereocenters. The van der Waals surface area contributed by atoms with E-state index >= 15 is 0 Å². The topological polar surface area (TPSA) is 114 Å². The molecule has 174 valence electrons. The second-order valence-corrected chi connectivity index (χ2v) is 10.9. The fourth-order valence-corrected chi connectivity index (χ4v) is 8.47. The maximum atomic E-state index is 12.6. The number of aldehydes is 1. The van der Waals surface area contributed by atoms with Crippen LogP contribution in [0.1, 0.15) is 69.8 Å². The molecule has 4 aliphatic carbocycles. The zero-order valence-electron chi connectivity index (χ0n) is 18.4. The second kappa shape index (κ2) is 7.52. The van der Waals surface area contributed by atoms with Crippen molar-refractivity contribution in [3.05, 3.63) is 34.4 Å². The van der Waals surface area contributed by atoms with Crippen molar-refractivity contribution in [2.75, 3.05) is 0 Å². The van der Waals surface area contributed by atoms with Crippen LogP contribution in [0.4, 0.5) is 0 Å². The van der Waals surface area contributed by atoms with Crippen LogP contribution in [0.15, 0.2) is 27.6 Å². The fraction of sp³-hybridized carbons (Fsp3) is 0.720. The predicted octanol–water partition coefficient (Wildman–Crippen LogP) is 2.57. The minimum atomic E-state index is -1.11. The van der Waals surface area contributed by atoms with E-state index in [1.165, 1.54) is 12.3 Å². The van der Waals surface area contributed by atoms with Crippen LogP contribution in [-0.2, 0) is 14.3 Å². The Bertz CT molecular complexity index is 937. The van der Waals surface area contributed by atoms with E-state index in [2.05, 4.69) is 6.92 Å². The Morgan fingerprint density at radius 2 is 1.94 bits per heavy atom. The van der Waals surface area contributed by atoms with Crippen molar-refractivity contribution in [1.29, 1.82) is 0 Å². The largest absolute Gasteiger partial charge is 0.464 e. The molecule has 5 rings (SSSR count). The molecule has 1 aromatic rings. The minimum absolute atomic E-state index is 0.0497. The molecule has 0 amide bonds. The fourth-order valence-electron chi connectivity index (χ4n) is 8.47. The Morgan fingerprint density at radius 3 is 2.62 bits per heavy atom. The molecular formula is C25H32O7. The number of aliphatic hydroxyl groups excluding tert-OH is 1. The third-order valence-corrected chi connectivity index (χ3v) is 9.91. The number of aliphatic hydroxyl groups is 2. The molecule has 1 heterocycles. The van der Waals surface area contributed by atoms with Crippen molar-refractivity contribution < 1.29 is 29.0 Å². The predicted molar refractivity (Wildman–Crippen MR) is 114 cm³/mol. The summed E-state index contributed by atoms with van der Waals surface area (Å²) in [6.45, 7) is 2.49. The van der Waals surface area contributed by atoms with Crippen molar-refractivity contribution in [2.24, 2.45) is 28.6 Å². The Hall–Kier alpha value is -1.99. The van der Waals surface area contributed by atoms with Gasteiger partial charge in [-0.3, -0.25) is 4.79 Å². The smallest absolute Gasteiger partial charge is 0.335 e. The molecule has 4 saturated carbocycles. The summed E-state index contributed by atoms with van der Waals surface area (Å²) < 4.78 is 10.6. The van der Waals surface area contributed by atoms with E-state index in [9.17, 15) is 24.6 Å². The summed E-state index contributed by atoms with van der Waals surface area (Å²) in [6.07, 6.45) is 6.97. The van der Waals surface area contributed by atoms with Crippen LogP contribution < -0.4 is 5.63 Å². The van der Waals surface area contributed by atoms with Gasteiger partial charge in [0.15, 0.2) is 0 Å². The van der Waals surface area contributed by atoms with E-state index in [1.807, 2.05) is 0 Å². The second-order valence-electron chi connectivity index (χ2n) is 10.9. The first-order chi connectivity index (χ1) is 15.3. The third-order valence-electron chi connectivity index (χ3n) is 9.91. The van der Waals surface area contributed by atoms with Crippen LogP contribution in [0.2, 0.25) is 0 Å². The quantitative estimate of drug-likeness (QED) is 0.686. The maximum Gasteiger partial charge on any atom is 0.335 e. The molecule has 0 spiro atoms. The average molecular weight is 445 g/mol. The third kappa shape index (κ3) is 2.83. The van der Waals surface area contributed by atoms with Crippen molar-refractivity contribution in [2.45, 2.75) is 82.0 Å². The number of fused-ring (bicyclic) bond motifs is 5. The van der Waals surface area contributed by atoms with Gasteiger partial charge >= 0.3 is 5.63 Å². The molecule has 2 N–H and O–H groups in total. The van der Waals surface area contributed by atoms with Gasteiger partial charge in [0.1, 0.15) is 12.4 Å². The lowest BCUT2D eigenvalue weighted by molar-refractivity contribution is -0.204. The van der Waals surface area contributed by atoms with Crippen molar-refractivity contribution in [3.8, 4) is 0 Å². The summed E-state index contributed by atoms with van der Waals surface area (Å²) in [4.78, 5) is 35.4. The van der Waals surface area contributed by atoms with E-state index < -0.39 is 28.2 Å². The van der Waals surface area contributed by atoms with Crippen LogP contribution in [0.25, 0.3) is 0 Å². The minimum Gasteiger partial charge on any atom is -0.464 e. The lowest BCUT2D eigenvalue weighted by Gasteiger charge is -2.62. The average Bonchev–Trinajstić information content (AvgIpc) is 3.01. The summed E-state index contributed by atoms with van der Waals surface area (Å²) in [5, 5.41) is 22.6. The molecule has 7 nitrogen and oxygen atoms in total. The maximum absolute atomic E-state index is 12.6. The number of carbonyl (C=O) groups is 2. The number of rotatable bonds is 4. The van der Waals surface area contributed by atoms with Crippen LogP contribution in [-0.4, -0.2) is 40.8 Å². The van der Waals surface area contributed by atoms with Gasteiger partial charge in [-0.2, -0.15) is 0 Å². The first kappa shape index (κ1) is 21.8. The number of carbonyl (C=O) groups excluding carboxylic acids is 2. The number of hydrogen-bond donors (Lipinski definition) is 2. The number of hydrogen-bond acceptors (Lipinski definition) is 7. The van der Waals surface area contributed by atoms with Gasteiger partial charge in [-0.1, -0.05) is 6.92 Å². The number of ether oxygens (including phenoxy) is 1. The molecule has 0 saturated heterocycles. The van der Waals surface area contributed by atoms with Gasteiger partial charge in [-0.05, 0) is 74.3 Å². The van der Waals surface area contributed by atoms with Gasteiger partial charge in [0.2, 0.25) is 0 Å². The van der Waals surface area contributed by atoms with E-state index in [-0.39, 0.29) is 29.8 Å². The lowest BCUT2D eigenvalue weighted by Crippen LogP contribution is -2.63. The molecular weight excluding hydrogens is 412 g/mol. The molecule has 1 aromatic heterocycles. The summed E-state index contributed by atoms with van der Waals surface area (Å²) in [6, 6.07) is 3.06. The van der Waals surface area contributed by atoms with E-state index in [0.29, 0.717) is 38.6 Å². The molecule has 32 heavy (non-hydrogen) atoms. The molecule has 0 bridgehead atoms. The molecule has 0 aliphatic heterocycles. The molecule has 4 aliphatic rings. The molecule has 0 aromatic carbocycles. The van der Waals surface area contributed by atoms with Crippen LogP contribution in [0.5, 0.6) is 0 Å². The lowest BCUT2D eigenvalue weighted by atomic mass is 9.43. The Morgan fingerprint density at radius 1 is 1.12 bits per heavy atom. The van der Waals surface area contributed by atoms with Gasteiger partial charge in [-0.25, -0.2) is 4.79 Å². The van der Waals surface area contributed by atoms with Crippen LogP contribution in [0.3, 0.4) is 0 Å². The van der Waals surface area contributed by atoms with Gasteiger partial charge in [-0.15, -0.1) is 0 Å². The Labute approximate surface area is 187 Å². The molecule has 0 radical (unpaired) electrons.